The molecule has 2 N–H and O–H groups in total. The zero-order chi connectivity index (χ0) is 10.2. The molecule has 0 bridgehead atoms. The number of carbonyl (C=O) groups is 1. The molecule has 1 rings (SSSR count). The predicted octanol–water partition coefficient (Wildman–Crippen LogP) is 0.537. The molecule has 14 heavy (non-hydrogen) atoms. The minimum absolute atomic E-state index is 0.321. The SMILES string of the molecule is O=C(O)CCCCCN1CCNCC1. The molecule has 0 radical (unpaired) electrons. The van der Waals surface area contributed by atoms with Crippen molar-refractivity contribution in [3.63, 3.8) is 0 Å². The van der Waals surface area contributed by atoms with E-state index in [0.29, 0.717) is 6.42 Å². The normalized spacial score (nSPS) is 18.3. The largest absolute Gasteiger partial charge is 0.481 e. The molecule has 4 heteroatoms. The van der Waals surface area contributed by atoms with Crippen molar-refractivity contribution in [2.45, 2.75) is 25.7 Å². The summed E-state index contributed by atoms with van der Waals surface area (Å²) in [5.74, 6) is -0.674. The van der Waals surface area contributed by atoms with Gasteiger partial charge >= 0.3 is 5.97 Å². The highest BCUT2D eigenvalue weighted by Crippen LogP contribution is 2.02. The van der Waals surface area contributed by atoms with E-state index in [9.17, 15) is 4.79 Å². The van der Waals surface area contributed by atoms with E-state index in [1.165, 1.54) is 0 Å². The maximum atomic E-state index is 10.2. The minimum atomic E-state index is -0.674. The van der Waals surface area contributed by atoms with Crippen LogP contribution in [0.15, 0.2) is 0 Å². The Morgan fingerprint density at radius 1 is 1.21 bits per heavy atom. The standard InChI is InChI=1S/C10H20N2O2/c13-10(14)4-2-1-3-7-12-8-5-11-6-9-12/h11H,1-9H2,(H,13,14). The lowest BCUT2D eigenvalue weighted by Crippen LogP contribution is -2.43. The molecule has 82 valence electrons. The van der Waals surface area contributed by atoms with Crippen LogP contribution in [-0.4, -0.2) is 48.7 Å². The quantitative estimate of drug-likeness (QED) is 0.614. The maximum absolute atomic E-state index is 10.2. The molecule has 0 saturated carbocycles. The van der Waals surface area contributed by atoms with Crippen molar-refractivity contribution in [2.75, 3.05) is 32.7 Å². The number of aliphatic carboxylic acids is 1. The Morgan fingerprint density at radius 2 is 1.93 bits per heavy atom. The lowest BCUT2D eigenvalue weighted by Gasteiger charge is -2.26. The second kappa shape index (κ2) is 6.79. The summed E-state index contributed by atoms with van der Waals surface area (Å²) in [5.41, 5.74) is 0. The molecule has 0 aliphatic carbocycles. The topological polar surface area (TPSA) is 52.6 Å². The van der Waals surface area contributed by atoms with E-state index in [0.717, 1.165) is 52.0 Å². The van der Waals surface area contributed by atoms with Crippen molar-refractivity contribution < 1.29 is 9.90 Å². The van der Waals surface area contributed by atoms with Gasteiger partial charge in [-0.2, -0.15) is 0 Å². The smallest absolute Gasteiger partial charge is 0.303 e. The molecular formula is C10H20N2O2. The van der Waals surface area contributed by atoms with Gasteiger partial charge in [-0.1, -0.05) is 6.42 Å². The highest BCUT2D eigenvalue weighted by atomic mass is 16.4. The fraction of sp³-hybridized carbons (Fsp3) is 0.900. The highest BCUT2D eigenvalue weighted by molar-refractivity contribution is 5.66. The van der Waals surface area contributed by atoms with E-state index >= 15 is 0 Å². The van der Waals surface area contributed by atoms with Crippen molar-refractivity contribution in [1.29, 1.82) is 0 Å². The number of rotatable bonds is 6. The van der Waals surface area contributed by atoms with Crippen molar-refractivity contribution in [3.8, 4) is 0 Å². The van der Waals surface area contributed by atoms with Gasteiger partial charge < -0.3 is 15.3 Å². The highest BCUT2D eigenvalue weighted by Gasteiger charge is 2.08. The maximum Gasteiger partial charge on any atom is 0.303 e. The zero-order valence-electron chi connectivity index (χ0n) is 8.67. The molecule has 0 unspecified atom stereocenters. The van der Waals surface area contributed by atoms with Crippen LogP contribution in [0.3, 0.4) is 0 Å². The van der Waals surface area contributed by atoms with E-state index in [2.05, 4.69) is 10.2 Å². The van der Waals surface area contributed by atoms with E-state index < -0.39 is 5.97 Å². The average Bonchev–Trinajstić information content (AvgIpc) is 2.18. The molecule has 0 aromatic heterocycles. The second-order valence-electron chi connectivity index (χ2n) is 3.80. The molecule has 1 heterocycles. The van der Waals surface area contributed by atoms with Gasteiger partial charge in [0, 0.05) is 32.6 Å². The van der Waals surface area contributed by atoms with Crippen LogP contribution in [-0.2, 0) is 4.79 Å². The molecule has 0 spiro atoms. The van der Waals surface area contributed by atoms with Gasteiger partial charge in [0.2, 0.25) is 0 Å². The van der Waals surface area contributed by atoms with Gasteiger partial charge in [0.1, 0.15) is 0 Å². The second-order valence-corrected chi connectivity index (χ2v) is 3.80. The fourth-order valence-electron chi connectivity index (χ4n) is 1.72. The Kier molecular flexibility index (Phi) is 5.56. The number of hydrogen-bond donors (Lipinski definition) is 2. The summed E-state index contributed by atoms with van der Waals surface area (Å²) in [4.78, 5) is 12.7. The van der Waals surface area contributed by atoms with Crippen LogP contribution >= 0.6 is 0 Å². The van der Waals surface area contributed by atoms with Crippen LogP contribution in [0, 0.1) is 0 Å². The van der Waals surface area contributed by atoms with Gasteiger partial charge in [-0.05, 0) is 19.4 Å². The molecule has 1 aliphatic rings. The van der Waals surface area contributed by atoms with Crippen LogP contribution in [0.25, 0.3) is 0 Å². The van der Waals surface area contributed by atoms with Gasteiger partial charge in [-0.15, -0.1) is 0 Å². The van der Waals surface area contributed by atoms with Crippen molar-refractivity contribution in [3.05, 3.63) is 0 Å². The number of hydrogen-bond acceptors (Lipinski definition) is 3. The number of unbranched alkanes of at least 4 members (excludes halogenated alkanes) is 2. The number of nitrogens with zero attached hydrogens (tertiary/aromatic N) is 1. The molecule has 0 atom stereocenters. The molecular weight excluding hydrogens is 180 g/mol. The first-order valence-corrected chi connectivity index (χ1v) is 5.44. The van der Waals surface area contributed by atoms with Crippen molar-refractivity contribution in [1.82, 2.24) is 10.2 Å². The van der Waals surface area contributed by atoms with E-state index in [1.54, 1.807) is 0 Å². The third-order valence-electron chi connectivity index (χ3n) is 2.57. The minimum Gasteiger partial charge on any atom is -0.481 e. The molecule has 0 aromatic carbocycles. The molecule has 4 nitrogen and oxygen atoms in total. The van der Waals surface area contributed by atoms with E-state index in [4.69, 9.17) is 5.11 Å². The molecule has 1 fully saturated rings. The summed E-state index contributed by atoms with van der Waals surface area (Å²) >= 11 is 0. The molecule has 0 amide bonds. The van der Waals surface area contributed by atoms with Crippen LogP contribution in [0.5, 0.6) is 0 Å². The molecule has 0 aromatic rings. The van der Waals surface area contributed by atoms with Crippen LogP contribution in [0.2, 0.25) is 0 Å². The van der Waals surface area contributed by atoms with Crippen LogP contribution < -0.4 is 5.32 Å². The Bertz CT molecular complexity index is 168. The Balaban J connectivity index is 1.90. The first kappa shape index (κ1) is 11.5. The summed E-state index contributed by atoms with van der Waals surface area (Å²) in [5, 5.41) is 11.8. The Morgan fingerprint density at radius 3 is 2.57 bits per heavy atom. The summed E-state index contributed by atoms with van der Waals surface area (Å²) in [7, 11) is 0. The third-order valence-corrected chi connectivity index (χ3v) is 2.57. The van der Waals surface area contributed by atoms with Gasteiger partial charge in [0.15, 0.2) is 0 Å². The monoisotopic (exact) mass is 200 g/mol. The molecule has 1 saturated heterocycles. The lowest BCUT2D eigenvalue weighted by atomic mass is 10.2. The Labute approximate surface area is 85.3 Å². The lowest BCUT2D eigenvalue weighted by molar-refractivity contribution is -0.137. The first-order chi connectivity index (χ1) is 6.79. The number of nitrogens with one attached hydrogen (secondary N) is 1. The average molecular weight is 200 g/mol. The van der Waals surface area contributed by atoms with Crippen LogP contribution in [0.1, 0.15) is 25.7 Å². The molecule has 1 aliphatic heterocycles. The fourth-order valence-corrected chi connectivity index (χ4v) is 1.72. The summed E-state index contributed by atoms with van der Waals surface area (Å²) < 4.78 is 0. The van der Waals surface area contributed by atoms with Crippen LogP contribution in [0.4, 0.5) is 0 Å². The van der Waals surface area contributed by atoms with Crippen molar-refractivity contribution >= 4 is 5.97 Å². The van der Waals surface area contributed by atoms with Gasteiger partial charge in [-0.25, -0.2) is 0 Å². The van der Waals surface area contributed by atoms with E-state index in [-0.39, 0.29) is 0 Å². The zero-order valence-corrected chi connectivity index (χ0v) is 8.67. The number of piperazine rings is 1. The van der Waals surface area contributed by atoms with Gasteiger partial charge in [0.25, 0.3) is 0 Å². The summed E-state index contributed by atoms with van der Waals surface area (Å²) in [6.45, 7) is 5.59. The third kappa shape index (κ3) is 5.19. The number of carboxylic acid groups (broad SMARTS) is 1. The summed E-state index contributed by atoms with van der Waals surface area (Å²) in [6.07, 6.45) is 3.31. The van der Waals surface area contributed by atoms with Gasteiger partial charge in [0.05, 0.1) is 0 Å². The summed E-state index contributed by atoms with van der Waals surface area (Å²) in [6, 6.07) is 0. The van der Waals surface area contributed by atoms with E-state index in [1.807, 2.05) is 0 Å². The van der Waals surface area contributed by atoms with Crippen molar-refractivity contribution in [2.24, 2.45) is 0 Å². The first-order valence-electron chi connectivity index (χ1n) is 5.44. The predicted molar refractivity (Wildman–Crippen MR) is 55.4 cm³/mol. The Hall–Kier alpha value is -0.610. The number of carboxylic acids is 1. The van der Waals surface area contributed by atoms with Gasteiger partial charge in [-0.3, -0.25) is 4.79 Å².